The summed E-state index contributed by atoms with van der Waals surface area (Å²) < 4.78 is 2.14. The SMILES string of the molecule is CCCC(CN)(CO)Cc1ccn(C2CCCCC2)n1. The van der Waals surface area contributed by atoms with Crippen molar-refractivity contribution in [1.29, 1.82) is 0 Å². The summed E-state index contributed by atoms with van der Waals surface area (Å²) in [6, 6.07) is 2.68. The summed E-state index contributed by atoms with van der Waals surface area (Å²) in [6.45, 7) is 2.81. The lowest BCUT2D eigenvalue weighted by Crippen LogP contribution is -2.36. The molecule has 0 aromatic carbocycles. The first-order chi connectivity index (χ1) is 9.73. The van der Waals surface area contributed by atoms with Crippen molar-refractivity contribution in [2.45, 2.75) is 64.3 Å². The first kappa shape index (κ1) is 15.5. The molecule has 2 rings (SSSR count). The van der Waals surface area contributed by atoms with Crippen LogP contribution in [0.4, 0.5) is 0 Å². The van der Waals surface area contributed by atoms with Crippen LogP contribution in [-0.2, 0) is 6.42 Å². The van der Waals surface area contributed by atoms with Crippen molar-refractivity contribution in [2.75, 3.05) is 13.2 Å². The van der Waals surface area contributed by atoms with Crippen LogP contribution >= 0.6 is 0 Å². The third kappa shape index (κ3) is 3.61. The summed E-state index contributed by atoms with van der Waals surface area (Å²) in [5, 5.41) is 14.5. The molecule has 0 aliphatic heterocycles. The average Bonchev–Trinajstić information content (AvgIpc) is 2.96. The molecule has 20 heavy (non-hydrogen) atoms. The van der Waals surface area contributed by atoms with E-state index in [0.717, 1.165) is 25.0 Å². The lowest BCUT2D eigenvalue weighted by molar-refractivity contribution is 0.119. The van der Waals surface area contributed by atoms with Crippen molar-refractivity contribution in [3.8, 4) is 0 Å². The van der Waals surface area contributed by atoms with Gasteiger partial charge in [-0.25, -0.2) is 0 Å². The molecule has 1 aromatic heterocycles. The van der Waals surface area contributed by atoms with Crippen LogP contribution in [0.2, 0.25) is 0 Å². The van der Waals surface area contributed by atoms with E-state index < -0.39 is 0 Å². The predicted octanol–water partition coefficient (Wildman–Crippen LogP) is 2.67. The third-order valence-electron chi connectivity index (χ3n) is 4.72. The highest BCUT2D eigenvalue weighted by Gasteiger charge is 2.28. The van der Waals surface area contributed by atoms with Gasteiger partial charge in [0.2, 0.25) is 0 Å². The smallest absolute Gasteiger partial charge is 0.0631 e. The minimum absolute atomic E-state index is 0.146. The fraction of sp³-hybridized carbons (Fsp3) is 0.812. The molecular formula is C16H29N3O. The summed E-state index contributed by atoms with van der Waals surface area (Å²) in [7, 11) is 0. The summed E-state index contributed by atoms with van der Waals surface area (Å²) >= 11 is 0. The molecule has 0 spiro atoms. The summed E-state index contributed by atoms with van der Waals surface area (Å²) in [6.07, 6.45) is 11.4. The van der Waals surface area contributed by atoms with Gasteiger partial charge >= 0.3 is 0 Å². The maximum Gasteiger partial charge on any atom is 0.0631 e. The van der Waals surface area contributed by atoms with Gasteiger partial charge in [0.25, 0.3) is 0 Å². The Kier molecular flexibility index (Phi) is 5.61. The standard InChI is InChI=1S/C16H29N3O/c1-2-9-16(12-17,13-20)11-14-8-10-19(18-14)15-6-4-3-5-7-15/h8,10,15,20H,2-7,9,11-13,17H2,1H3. The Morgan fingerprint density at radius 3 is 2.75 bits per heavy atom. The molecular weight excluding hydrogens is 250 g/mol. The van der Waals surface area contributed by atoms with E-state index in [9.17, 15) is 5.11 Å². The van der Waals surface area contributed by atoms with Crippen LogP contribution in [0.25, 0.3) is 0 Å². The number of hydrogen-bond donors (Lipinski definition) is 2. The fourth-order valence-corrected chi connectivity index (χ4v) is 3.40. The number of nitrogens with two attached hydrogens (primary N) is 1. The van der Waals surface area contributed by atoms with Gasteiger partial charge in [0.15, 0.2) is 0 Å². The molecule has 1 unspecified atom stereocenters. The minimum atomic E-state index is -0.194. The fourth-order valence-electron chi connectivity index (χ4n) is 3.40. The zero-order chi connectivity index (χ0) is 14.4. The van der Waals surface area contributed by atoms with Gasteiger partial charge in [0.05, 0.1) is 18.3 Å². The molecule has 4 heteroatoms. The van der Waals surface area contributed by atoms with Gasteiger partial charge in [-0.1, -0.05) is 32.6 Å². The van der Waals surface area contributed by atoms with E-state index in [0.29, 0.717) is 12.6 Å². The number of nitrogens with zero attached hydrogens (tertiary/aromatic N) is 2. The number of aliphatic hydroxyl groups excluding tert-OH is 1. The van der Waals surface area contributed by atoms with Gasteiger partial charge in [-0.2, -0.15) is 5.10 Å². The van der Waals surface area contributed by atoms with Crippen molar-refractivity contribution in [3.63, 3.8) is 0 Å². The van der Waals surface area contributed by atoms with Gasteiger partial charge in [-0.15, -0.1) is 0 Å². The third-order valence-corrected chi connectivity index (χ3v) is 4.72. The Balaban J connectivity index is 2.03. The molecule has 1 saturated carbocycles. The van der Waals surface area contributed by atoms with Crippen molar-refractivity contribution < 1.29 is 5.11 Å². The molecule has 0 radical (unpaired) electrons. The quantitative estimate of drug-likeness (QED) is 0.806. The Morgan fingerprint density at radius 2 is 2.15 bits per heavy atom. The molecule has 1 aliphatic rings. The Hall–Kier alpha value is -0.870. The van der Waals surface area contributed by atoms with Gasteiger partial charge < -0.3 is 10.8 Å². The van der Waals surface area contributed by atoms with Crippen LogP contribution in [0.15, 0.2) is 12.3 Å². The Morgan fingerprint density at radius 1 is 1.40 bits per heavy atom. The monoisotopic (exact) mass is 279 g/mol. The van der Waals surface area contributed by atoms with Crippen LogP contribution in [0.5, 0.6) is 0 Å². The lowest BCUT2D eigenvalue weighted by Gasteiger charge is -2.29. The maximum atomic E-state index is 9.71. The predicted molar refractivity (Wildman–Crippen MR) is 81.5 cm³/mol. The van der Waals surface area contributed by atoms with Crippen LogP contribution < -0.4 is 5.73 Å². The molecule has 1 atom stereocenters. The van der Waals surface area contributed by atoms with Gasteiger partial charge in [-0.05, 0) is 25.3 Å². The van der Waals surface area contributed by atoms with E-state index in [2.05, 4.69) is 23.9 Å². The molecule has 1 aromatic rings. The van der Waals surface area contributed by atoms with E-state index in [-0.39, 0.29) is 12.0 Å². The van der Waals surface area contributed by atoms with Crippen molar-refractivity contribution in [2.24, 2.45) is 11.1 Å². The van der Waals surface area contributed by atoms with Crippen LogP contribution in [0.1, 0.15) is 63.6 Å². The van der Waals surface area contributed by atoms with Crippen molar-refractivity contribution >= 4 is 0 Å². The van der Waals surface area contributed by atoms with E-state index in [1.807, 2.05) is 0 Å². The van der Waals surface area contributed by atoms with E-state index >= 15 is 0 Å². The van der Waals surface area contributed by atoms with E-state index in [1.54, 1.807) is 0 Å². The minimum Gasteiger partial charge on any atom is -0.396 e. The lowest BCUT2D eigenvalue weighted by atomic mass is 9.80. The van der Waals surface area contributed by atoms with Gasteiger partial charge in [0, 0.05) is 24.6 Å². The first-order valence-corrected chi connectivity index (χ1v) is 8.08. The zero-order valence-electron chi connectivity index (χ0n) is 12.7. The second-order valence-corrected chi connectivity index (χ2v) is 6.37. The van der Waals surface area contributed by atoms with Gasteiger partial charge in [-0.3, -0.25) is 4.68 Å². The van der Waals surface area contributed by atoms with Crippen molar-refractivity contribution in [3.05, 3.63) is 18.0 Å². The summed E-state index contributed by atoms with van der Waals surface area (Å²) in [5.41, 5.74) is 6.79. The molecule has 4 nitrogen and oxygen atoms in total. The van der Waals surface area contributed by atoms with Crippen molar-refractivity contribution in [1.82, 2.24) is 9.78 Å². The molecule has 3 N–H and O–H groups in total. The number of rotatable bonds is 7. The number of aromatic nitrogens is 2. The zero-order valence-corrected chi connectivity index (χ0v) is 12.7. The number of aliphatic hydroxyl groups is 1. The molecule has 0 saturated heterocycles. The van der Waals surface area contributed by atoms with Crippen LogP contribution in [0.3, 0.4) is 0 Å². The largest absolute Gasteiger partial charge is 0.396 e. The molecule has 114 valence electrons. The molecule has 1 heterocycles. The Labute approximate surface area is 122 Å². The second kappa shape index (κ2) is 7.23. The second-order valence-electron chi connectivity index (χ2n) is 6.37. The molecule has 1 fully saturated rings. The van der Waals surface area contributed by atoms with E-state index in [4.69, 9.17) is 10.8 Å². The average molecular weight is 279 g/mol. The topological polar surface area (TPSA) is 64.1 Å². The normalized spacial score (nSPS) is 19.9. The molecule has 1 aliphatic carbocycles. The highest BCUT2D eigenvalue weighted by atomic mass is 16.3. The summed E-state index contributed by atoms with van der Waals surface area (Å²) in [4.78, 5) is 0. The molecule has 0 bridgehead atoms. The number of hydrogen-bond acceptors (Lipinski definition) is 3. The van der Waals surface area contributed by atoms with Crippen LogP contribution in [-0.4, -0.2) is 28.0 Å². The summed E-state index contributed by atoms with van der Waals surface area (Å²) in [5.74, 6) is 0. The highest BCUT2D eigenvalue weighted by Crippen LogP contribution is 2.29. The highest BCUT2D eigenvalue weighted by molar-refractivity contribution is 5.05. The van der Waals surface area contributed by atoms with Gasteiger partial charge in [0.1, 0.15) is 0 Å². The molecule has 0 amide bonds. The maximum absolute atomic E-state index is 9.71. The van der Waals surface area contributed by atoms with Crippen LogP contribution in [0, 0.1) is 5.41 Å². The Bertz CT molecular complexity index is 392. The van der Waals surface area contributed by atoms with E-state index in [1.165, 1.54) is 32.1 Å². The first-order valence-electron chi connectivity index (χ1n) is 8.08.